The molecule has 0 aromatic rings. The van der Waals surface area contributed by atoms with Crippen LogP contribution in [-0.2, 0) is 0 Å². The van der Waals surface area contributed by atoms with E-state index in [1.807, 2.05) is 6.20 Å². The molecule has 7 heavy (non-hydrogen) atoms. The molecule has 0 radical (unpaired) electrons. The first-order valence-electron chi connectivity index (χ1n) is 2.58. The maximum atomic E-state index is 4.02. The molecule has 0 saturated heterocycles. The SMILES string of the molecule is CCC1=NC=C1C. The Kier molecular flexibility index (Phi) is 0.970. The van der Waals surface area contributed by atoms with Gasteiger partial charge in [-0.05, 0) is 18.9 Å². The summed E-state index contributed by atoms with van der Waals surface area (Å²) in [5.74, 6) is 0. The Hall–Kier alpha value is -0.590. The number of nitrogens with zero attached hydrogens (tertiary/aromatic N) is 1. The molecule has 1 nitrogen and oxygen atoms in total. The summed E-state index contributed by atoms with van der Waals surface area (Å²) in [7, 11) is 0. The van der Waals surface area contributed by atoms with Crippen molar-refractivity contribution >= 4 is 5.71 Å². The second-order valence-electron chi connectivity index (χ2n) is 1.74. The van der Waals surface area contributed by atoms with Crippen LogP contribution in [0.5, 0.6) is 0 Å². The van der Waals surface area contributed by atoms with Crippen molar-refractivity contribution in [3.63, 3.8) is 0 Å². The first kappa shape index (κ1) is 4.57. The fourth-order valence-corrected chi connectivity index (χ4v) is 0.655. The largest absolute Gasteiger partial charge is 0.261 e. The predicted molar refractivity (Wildman–Crippen MR) is 31.5 cm³/mol. The minimum Gasteiger partial charge on any atom is -0.261 e. The Morgan fingerprint density at radius 3 is 2.43 bits per heavy atom. The normalized spacial score (nSPS) is 17.4. The third kappa shape index (κ3) is 0.581. The van der Waals surface area contributed by atoms with Gasteiger partial charge in [0.1, 0.15) is 0 Å². The van der Waals surface area contributed by atoms with Crippen LogP contribution in [0.2, 0.25) is 0 Å². The molecule has 0 N–H and O–H groups in total. The monoisotopic (exact) mass is 95.1 g/mol. The Bertz CT molecular complexity index is 131. The fraction of sp³-hybridized carbons (Fsp3) is 0.500. The number of aliphatic imine (C=N–C) groups is 1. The van der Waals surface area contributed by atoms with Crippen molar-refractivity contribution in [2.45, 2.75) is 20.3 Å². The maximum Gasteiger partial charge on any atom is 0.0445 e. The van der Waals surface area contributed by atoms with E-state index in [4.69, 9.17) is 0 Å². The first-order valence-corrected chi connectivity index (χ1v) is 2.58. The van der Waals surface area contributed by atoms with Crippen LogP contribution in [0.15, 0.2) is 16.8 Å². The van der Waals surface area contributed by atoms with Gasteiger partial charge < -0.3 is 0 Å². The molecule has 0 saturated carbocycles. The molecule has 0 spiro atoms. The molecule has 1 rings (SSSR count). The standard InChI is InChI=1S/C6H9N/c1-3-6-5(2)4-7-6/h4H,3H2,1-2H3. The van der Waals surface area contributed by atoms with Crippen LogP contribution in [0, 0.1) is 0 Å². The summed E-state index contributed by atoms with van der Waals surface area (Å²) in [6.07, 6.45) is 2.99. The van der Waals surface area contributed by atoms with E-state index in [0.717, 1.165) is 6.42 Å². The van der Waals surface area contributed by atoms with Gasteiger partial charge in [0.15, 0.2) is 0 Å². The average molecular weight is 95.1 g/mol. The van der Waals surface area contributed by atoms with Crippen LogP contribution in [0.3, 0.4) is 0 Å². The molecule has 0 fully saturated rings. The van der Waals surface area contributed by atoms with Crippen molar-refractivity contribution < 1.29 is 0 Å². The van der Waals surface area contributed by atoms with Crippen LogP contribution in [-0.4, -0.2) is 5.71 Å². The van der Waals surface area contributed by atoms with Crippen molar-refractivity contribution in [3.05, 3.63) is 11.8 Å². The molecule has 1 aliphatic heterocycles. The van der Waals surface area contributed by atoms with E-state index in [0.29, 0.717) is 0 Å². The van der Waals surface area contributed by atoms with E-state index >= 15 is 0 Å². The number of hydrogen-bond acceptors (Lipinski definition) is 1. The zero-order valence-electron chi connectivity index (χ0n) is 4.73. The molecular weight excluding hydrogens is 86.1 g/mol. The molecule has 0 unspecified atom stereocenters. The van der Waals surface area contributed by atoms with Gasteiger partial charge in [-0.25, -0.2) is 0 Å². The molecule has 0 aromatic heterocycles. The van der Waals surface area contributed by atoms with Crippen LogP contribution in [0.1, 0.15) is 20.3 Å². The summed E-state index contributed by atoms with van der Waals surface area (Å²) in [5, 5.41) is 0. The summed E-state index contributed by atoms with van der Waals surface area (Å²) in [6, 6.07) is 0. The number of hydrogen-bond donors (Lipinski definition) is 0. The molecule has 1 heteroatoms. The lowest BCUT2D eigenvalue weighted by atomic mass is 10.1. The maximum absolute atomic E-state index is 4.02. The van der Waals surface area contributed by atoms with Crippen molar-refractivity contribution in [2.75, 3.05) is 0 Å². The van der Waals surface area contributed by atoms with Gasteiger partial charge >= 0.3 is 0 Å². The van der Waals surface area contributed by atoms with E-state index < -0.39 is 0 Å². The van der Waals surface area contributed by atoms with E-state index in [2.05, 4.69) is 18.8 Å². The second kappa shape index (κ2) is 1.49. The Labute approximate surface area is 43.8 Å². The van der Waals surface area contributed by atoms with Gasteiger partial charge in [-0.3, -0.25) is 4.99 Å². The molecule has 0 aliphatic carbocycles. The van der Waals surface area contributed by atoms with Crippen LogP contribution in [0.4, 0.5) is 0 Å². The highest BCUT2D eigenvalue weighted by molar-refractivity contribution is 6.03. The van der Waals surface area contributed by atoms with E-state index in [-0.39, 0.29) is 0 Å². The van der Waals surface area contributed by atoms with Gasteiger partial charge in [-0.15, -0.1) is 0 Å². The number of rotatable bonds is 1. The highest BCUT2D eigenvalue weighted by atomic mass is 14.8. The predicted octanol–water partition coefficient (Wildman–Crippen LogP) is 1.75. The summed E-state index contributed by atoms with van der Waals surface area (Å²) >= 11 is 0. The van der Waals surface area contributed by atoms with E-state index in [1.54, 1.807) is 0 Å². The smallest absolute Gasteiger partial charge is 0.0445 e. The lowest BCUT2D eigenvalue weighted by Gasteiger charge is -2.07. The Morgan fingerprint density at radius 2 is 2.43 bits per heavy atom. The summed E-state index contributed by atoms with van der Waals surface area (Å²) in [6.45, 7) is 4.21. The van der Waals surface area contributed by atoms with Crippen LogP contribution < -0.4 is 0 Å². The van der Waals surface area contributed by atoms with Gasteiger partial charge in [-0.1, -0.05) is 6.92 Å². The van der Waals surface area contributed by atoms with Crippen molar-refractivity contribution in [1.29, 1.82) is 0 Å². The lowest BCUT2D eigenvalue weighted by Crippen LogP contribution is -2.03. The minimum atomic E-state index is 1.09. The van der Waals surface area contributed by atoms with Crippen LogP contribution in [0.25, 0.3) is 0 Å². The van der Waals surface area contributed by atoms with E-state index in [9.17, 15) is 0 Å². The van der Waals surface area contributed by atoms with Gasteiger partial charge in [0.05, 0.1) is 0 Å². The topological polar surface area (TPSA) is 12.4 Å². The lowest BCUT2D eigenvalue weighted by molar-refractivity contribution is 1.20. The highest BCUT2D eigenvalue weighted by Gasteiger charge is 2.03. The van der Waals surface area contributed by atoms with E-state index in [1.165, 1.54) is 11.3 Å². The van der Waals surface area contributed by atoms with Gasteiger partial charge in [0, 0.05) is 11.9 Å². The average Bonchev–Trinajstić information content (AvgIpc) is 1.65. The van der Waals surface area contributed by atoms with Gasteiger partial charge in [0.25, 0.3) is 0 Å². The molecule has 1 heterocycles. The third-order valence-corrected chi connectivity index (χ3v) is 1.20. The molecule has 38 valence electrons. The fourth-order valence-electron chi connectivity index (χ4n) is 0.655. The van der Waals surface area contributed by atoms with Crippen molar-refractivity contribution in [1.82, 2.24) is 0 Å². The van der Waals surface area contributed by atoms with Crippen LogP contribution >= 0.6 is 0 Å². The Balaban J connectivity index is 2.47. The summed E-state index contributed by atoms with van der Waals surface area (Å²) in [5.41, 5.74) is 2.61. The second-order valence-corrected chi connectivity index (χ2v) is 1.74. The Morgan fingerprint density at radius 1 is 1.71 bits per heavy atom. The molecule has 0 amide bonds. The minimum absolute atomic E-state index is 1.09. The quantitative estimate of drug-likeness (QED) is 0.470. The van der Waals surface area contributed by atoms with Gasteiger partial charge in [-0.2, -0.15) is 0 Å². The molecular formula is C6H9N. The summed E-state index contributed by atoms with van der Waals surface area (Å²) in [4.78, 5) is 4.02. The molecule has 0 atom stereocenters. The third-order valence-electron chi connectivity index (χ3n) is 1.20. The van der Waals surface area contributed by atoms with Gasteiger partial charge in [0.2, 0.25) is 0 Å². The zero-order chi connectivity index (χ0) is 5.28. The van der Waals surface area contributed by atoms with Crippen molar-refractivity contribution in [2.24, 2.45) is 4.99 Å². The summed E-state index contributed by atoms with van der Waals surface area (Å²) < 4.78 is 0. The molecule has 0 aromatic carbocycles. The first-order chi connectivity index (χ1) is 3.34. The molecule has 0 bridgehead atoms. The molecule has 1 aliphatic rings. The van der Waals surface area contributed by atoms with Crippen molar-refractivity contribution in [3.8, 4) is 0 Å². The highest BCUT2D eigenvalue weighted by Crippen LogP contribution is 2.10. The zero-order valence-corrected chi connectivity index (χ0v) is 4.73. The number of allylic oxidation sites excluding steroid dienone is 1.